The minimum Gasteiger partial charge on any atom is -0.497 e. The van der Waals surface area contributed by atoms with E-state index in [4.69, 9.17) is 10.5 Å². The Bertz CT molecular complexity index is 644. The zero-order valence-corrected chi connectivity index (χ0v) is 13.4. The summed E-state index contributed by atoms with van der Waals surface area (Å²) in [5.41, 5.74) is 11.4. The van der Waals surface area contributed by atoms with E-state index in [0.29, 0.717) is 12.8 Å². The van der Waals surface area contributed by atoms with Crippen LogP contribution in [0.1, 0.15) is 18.4 Å². The highest BCUT2D eigenvalue weighted by atomic mass is 32.1. The number of carbonyl (C=O) groups excluding carboxylic acids is 2. The number of hydrogen-bond donors (Lipinski definition) is 3. The van der Waals surface area contributed by atoms with Crippen molar-refractivity contribution >= 4 is 34.9 Å². The Morgan fingerprint density at radius 2 is 2.04 bits per heavy atom. The van der Waals surface area contributed by atoms with E-state index < -0.39 is 5.91 Å². The van der Waals surface area contributed by atoms with Crippen molar-refractivity contribution in [1.29, 1.82) is 0 Å². The molecule has 1 aromatic carbocycles. The fourth-order valence-corrected chi connectivity index (χ4v) is 2.07. The summed E-state index contributed by atoms with van der Waals surface area (Å²) in [6, 6.07) is 7.36. The third-order valence-corrected chi connectivity index (χ3v) is 3.25. The Morgan fingerprint density at radius 3 is 2.65 bits per heavy atom. The van der Waals surface area contributed by atoms with Crippen LogP contribution in [0.5, 0.6) is 5.75 Å². The maximum atomic E-state index is 11.9. The van der Waals surface area contributed by atoms with Gasteiger partial charge in [0.15, 0.2) is 5.11 Å². The number of nitrogens with two attached hydrogens (primary N) is 1. The minimum absolute atomic E-state index is 0.0641. The van der Waals surface area contributed by atoms with Crippen LogP contribution in [0.15, 0.2) is 29.4 Å². The van der Waals surface area contributed by atoms with Crippen LogP contribution in [-0.2, 0) is 9.59 Å². The number of nitrogens with zero attached hydrogens (tertiary/aromatic N) is 2. The average molecular weight is 335 g/mol. The molecule has 0 spiro atoms. The highest BCUT2D eigenvalue weighted by Gasteiger charge is 2.23. The van der Waals surface area contributed by atoms with Gasteiger partial charge in [-0.15, -0.1) is 0 Å². The van der Waals surface area contributed by atoms with Gasteiger partial charge in [-0.2, -0.15) is 5.10 Å². The molecule has 1 aliphatic rings. The van der Waals surface area contributed by atoms with Crippen LogP contribution >= 0.6 is 12.2 Å². The first kappa shape index (κ1) is 16.7. The number of rotatable bonds is 4. The molecular weight excluding hydrogens is 318 g/mol. The first-order valence-electron chi connectivity index (χ1n) is 6.86. The summed E-state index contributed by atoms with van der Waals surface area (Å²) in [7, 11) is 1.59. The predicted molar refractivity (Wildman–Crippen MR) is 88.5 cm³/mol. The summed E-state index contributed by atoms with van der Waals surface area (Å²) >= 11 is 4.58. The predicted octanol–water partition coefficient (Wildman–Crippen LogP) is -0.114. The molecule has 23 heavy (non-hydrogen) atoms. The molecule has 4 N–H and O–H groups in total. The van der Waals surface area contributed by atoms with Crippen LogP contribution in [0.3, 0.4) is 0 Å². The molecule has 2 amide bonds. The Kier molecular flexibility index (Phi) is 5.47. The molecule has 8 nitrogen and oxygen atoms in total. The zero-order valence-electron chi connectivity index (χ0n) is 12.5. The van der Waals surface area contributed by atoms with E-state index in [2.05, 4.69) is 28.2 Å². The monoisotopic (exact) mass is 335 g/mol. The lowest BCUT2D eigenvalue weighted by Gasteiger charge is -2.23. The van der Waals surface area contributed by atoms with Crippen molar-refractivity contribution < 1.29 is 14.3 Å². The zero-order chi connectivity index (χ0) is 16.8. The van der Waals surface area contributed by atoms with Crippen LogP contribution in [0.2, 0.25) is 0 Å². The number of amides is 2. The van der Waals surface area contributed by atoms with Crippen LogP contribution in [0.4, 0.5) is 0 Å². The van der Waals surface area contributed by atoms with Gasteiger partial charge in [-0.3, -0.25) is 20.4 Å². The maximum absolute atomic E-state index is 11.9. The van der Waals surface area contributed by atoms with Crippen LogP contribution in [0, 0.1) is 0 Å². The molecule has 122 valence electrons. The lowest BCUT2D eigenvalue weighted by Crippen LogP contribution is -2.48. The third kappa shape index (κ3) is 4.65. The van der Waals surface area contributed by atoms with Gasteiger partial charge < -0.3 is 10.5 Å². The highest BCUT2D eigenvalue weighted by molar-refractivity contribution is 7.80. The molecule has 0 aromatic heterocycles. The van der Waals surface area contributed by atoms with Gasteiger partial charge >= 0.3 is 0 Å². The van der Waals surface area contributed by atoms with E-state index in [-0.39, 0.29) is 17.6 Å². The van der Waals surface area contributed by atoms with Crippen molar-refractivity contribution in [3.05, 3.63) is 29.8 Å². The number of ether oxygens (including phenoxy) is 1. The van der Waals surface area contributed by atoms with Crippen molar-refractivity contribution in [2.24, 2.45) is 10.8 Å². The van der Waals surface area contributed by atoms with E-state index in [9.17, 15) is 9.59 Å². The van der Waals surface area contributed by atoms with E-state index in [1.54, 1.807) is 7.11 Å². The first-order valence-corrected chi connectivity index (χ1v) is 7.27. The smallest absolute Gasteiger partial charge is 0.260 e. The second-order valence-electron chi connectivity index (χ2n) is 4.76. The van der Waals surface area contributed by atoms with Gasteiger partial charge in [0.25, 0.3) is 5.91 Å². The van der Waals surface area contributed by atoms with Gasteiger partial charge in [0, 0.05) is 12.8 Å². The second kappa shape index (κ2) is 7.54. The van der Waals surface area contributed by atoms with Gasteiger partial charge in [-0.1, -0.05) is 0 Å². The number of hydrazine groups is 1. The van der Waals surface area contributed by atoms with Crippen molar-refractivity contribution in [2.75, 3.05) is 13.7 Å². The van der Waals surface area contributed by atoms with Gasteiger partial charge in [-0.25, -0.2) is 5.01 Å². The molecule has 0 radical (unpaired) electrons. The summed E-state index contributed by atoms with van der Waals surface area (Å²) in [5.74, 6) is 0.0555. The van der Waals surface area contributed by atoms with E-state index in [0.717, 1.165) is 22.0 Å². The summed E-state index contributed by atoms with van der Waals surface area (Å²) in [6.45, 7) is -0.214. The second-order valence-corrected chi connectivity index (χ2v) is 5.20. The number of nitrogens with one attached hydrogen (secondary N) is 2. The van der Waals surface area contributed by atoms with Gasteiger partial charge in [0.05, 0.1) is 12.8 Å². The Balaban J connectivity index is 2.07. The summed E-state index contributed by atoms with van der Waals surface area (Å²) < 4.78 is 5.11. The summed E-state index contributed by atoms with van der Waals surface area (Å²) in [6.07, 6.45) is 0.815. The SMILES string of the molecule is COc1ccc(C2=NN(CC(=O)NNC(N)=S)C(=O)CC2)cc1. The molecule has 0 fully saturated rings. The van der Waals surface area contributed by atoms with Crippen molar-refractivity contribution in [3.63, 3.8) is 0 Å². The molecule has 0 bridgehead atoms. The average Bonchev–Trinajstić information content (AvgIpc) is 2.55. The van der Waals surface area contributed by atoms with Crippen molar-refractivity contribution in [3.8, 4) is 5.75 Å². The fraction of sp³-hybridized carbons (Fsp3) is 0.286. The Morgan fingerprint density at radius 1 is 1.35 bits per heavy atom. The minimum atomic E-state index is -0.467. The lowest BCUT2D eigenvalue weighted by atomic mass is 10.0. The van der Waals surface area contributed by atoms with E-state index >= 15 is 0 Å². The molecule has 2 rings (SSSR count). The van der Waals surface area contributed by atoms with Crippen molar-refractivity contribution in [2.45, 2.75) is 12.8 Å². The summed E-state index contributed by atoms with van der Waals surface area (Å²) in [4.78, 5) is 23.6. The molecular formula is C14H17N5O3S. The molecule has 0 saturated carbocycles. The summed E-state index contributed by atoms with van der Waals surface area (Å²) in [5, 5.41) is 5.34. The number of carbonyl (C=O) groups is 2. The number of hydrazone groups is 1. The van der Waals surface area contributed by atoms with Crippen molar-refractivity contribution in [1.82, 2.24) is 15.9 Å². The molecule has 0 saturated heterocycles. The van der Waals surface area contributed by atoms with Crippen LogP contribution in [-0.4, -0.2) is 41.3 Å². The maximum Gasteiger partial charge on any atom is 0.260 e. The molecule has 9 heteroatoms. The largest absolute Gasteiger partial charge is 0.497 e. The molecule has 0 aliphatic carbocycles. The van der Waals surface area contributed by atoms with Gasteiger partial charge in [0.2, 0.25) is 5.91 Å². The highest BCUT2D eigenvalue weighted by Crippen LogP contribution is 2.18. The normalized spacial score (nSPS) is 14.0. The lowest BCUT2D eigenvalue weighted by molar-refractivity contribution is -0.136. The van der Waals surface area contributed by atoms with Gasteiger partial charge in [0.1, 0.15) is 12.3 Å². The molecule has 1 heterocycles. The molecule has 0 unspecified atom stereocenters. The standard InChI is InChI=1S/C14H17N5O3S/c1-22-10-4-2-9(3-5-10)11-6-7-13(21)19(18-11)8-12(20)16-17-14(15)23/h2-5H,6-8H2,1H3,(H,16,20)(H3,15,17,23). The van der Waals surface area contributed by atoms with Crippen LogP contribution < -0.4 is 21.3 Å². The topological polar surface area (TPSA) is 109 Å². The first-order chi connectivity index (χ1) is 11.0. The van der Waals surface area contributed by atoms with E-state index in [1.807, 2.05) is 24.3 Å². The molecule has 0 atom stereocenters. The fourth-order valence-electron chi connectivity index (χ4n) is 2.02. The molecule has 1 aliphatic heterocycles. The number of thiocarbonyl (C=S) groups is 1. The van der Waals surface area contributed by atoms with Gasteiger partial charge in [-0.05, 0) is 42.0 Å². The molecule has 1 aromatic rings. The van der Waals surface area contributed by atoms with Crippen LogP contribution in [0.25, 0.3) is 0 Å². The quantitative estimate of drug-likeness (QED) is 0.523. The number of benzene rings is 1. The number of methoxy groups -OCH3 is 1. The number of hydrogen-bond acceptors (Lipinski definition) is 5. The Hall–Kier alpha value is -2.68. The third-order valence-electron chi connectivity index (χ3n) is 3.15. The Labute approximate surface area is 138 Å². The van der Waals surface area contributed by atoms with E-state index in [1.165, 1.54) is 0 Å².